The number of anilines is 1. The molecule has 2 nitrogen and oxygen atoms in total. The molecule has 1 N–H and O–H groups in total. The van der Waals surface area contributed by atoms with Crippen LogP contribution in [0.5, 0.6) is 0 Å². The molecule has 1 atom stereocenters. The third-order valence-corrected chi connectivity index (χ3v) is 3.02. The molecule has 2 rings (SSSR count). The summed E-state index contributed by atoms with van der Waals surface area (Å²) in [4.78, 5) is 4.06. The maximum atomic E-state index is 13.6. The van der Waals surface area contributed by atoms with Crippen LogP contribution < -0.4 is 5.32 Å². The molecule has 2 aromatic rings. The van der Waals surface area contributed by atoms with Crippen molar-refractivity contribution in [2.45, 2.75) is 19.9 Å². The Kier molecular flexibility index (Phi) is 3.82. The van der Waals surface area contributed by atoms with Gasteiger partial charge in [-0.05, 0) is 31.5 Å². The third kappa shape index (κ3) is 2.79. The minimum absolute atomic E-state index is 0.174. The van der Waals surface area contributed by atoms with Crippen LogP contribution in [0.1, 0.15) is 24.1 Å². The molecule has 1 aromatic heterocycles. The molecule has 1 unspecified atom stereocenters. The van der Waals surface area contributed by atoms with Crippen molar-refractivity contribution in [3.63, 3.8) is 0 Å². The lowest BCUT2D eigenvalue weighted by molar-refractivity contribution is 0.600. The van der Waals surface area contributed by atoms with Crippen LogP contribution >= 0.6 is 11.6 Å². The predicted octanol–water partition coefficient (Wildman–Crippen LogP) is 4.36. The third-order valence-electron chi connectivity index (χ3n) is 2.72. The highest BCUT2D eigenvalue weighted by molar-refractivity contribution is 6.31. The Balaban J connectivity index is 2.24. The van der Waals surface area contributed by atoms with Crippen molar-refractivity contribution in [1.29, 1.82) is 0 Å². The lowest BCUT2D eigenvalue weighted by Crippen LogP contribution is -2.09. The van der Waals surface area contributed by atoms with E-state index < -0.39 is 0 Å². The molecular weight excluding hydrogens is 251 g/mol. The number of hydrogen-bond acceptors (Lipinski definition) is 2. The summed E-state index contributed by atoms with van der Waals surface area (Å²) in [7, 11) is 0. The van der Waals surface area contributed by atoms with Gasteiger partial charge in [-0.3, -0.25) is 0 Å². The normalized spacial score (nSPS) is 12.2. The Bertz CT molecular complexity index is 557. The number of aryl methyl sites for hydroxylation is 1. The Hall–Kier alpha value is -1.61. The van der Waals surface area contributed by atoms with Gasteiger partial charge < -0.3 is 5.32 Å². The largest absolute Gasteiger partial charge is 0.376 e. The first kappa shape index (κ1) is 12.8. The average Bonchev–Trinajstić information content (AvgIpc) is 2.34. The van der Waals surface area contributed by atoms with Gasteiger partial charge in [0, 0.05) is 11.8 Å². The van der Waals surface area contributed by atoms with Gasteiger partial charge in [-0.15, -0.1) is 0 Å². The number of benzene rings is 1. The topological polar surface area (TPSA) is 24.9 Å². The quantitative estimate of drug-likeness (QED) is 0.834. The van der Waals surface area contributed by atoms with Crippen molar-refractivity contribution in [3.8, 4) is 0 Å². The Labute approximate surface area is 111 Å². The second kappa shape index (κ2) is 5.36. The molecule has 0 aliphatic carbocycles. The molecule has 0 radical (unpaired) electrons. The van der Waals surface area contributed by atoms with E-state index in [1.807, 2.05) is 26.0 Å². The highest BCUT2D eigenvalue weighted by atomic mass is 35.5. The van der Waals surface area contributed by atoms with Crippen LogP contribution in [0.15, 0.2) is 36.5 Å². The molecule has 0 aliphatic heterocycles. The fourth-order valence-electron chi connectivity index (χ4n) is 1.79. The van der Waals surface area contributed by atoms with Crippen LogP contribution in [-0.4, -0.2) is 4.98 Å². The van der Waals surface area contributed by atoms with Crippen LogP contribution in [0, 0.1) is 12.7 Å². The van der Waals surface area contributed by atoms with E-state index in [1.54, 1.807) is 18.3 Å². The summed E-state index contributed by atoms with van der Waals surface area (Å²) in [6.07, 6.45) is 1.70. The van der Waals surface area contributed by atoms with Crippen molar-refractivity contribution >= 4 is 17.3 Å². The highest BCUT2D eigenvalue weighted by Gasteiger charge is 2.12. The van der Waals surface area contributed by atoms with Crippen LogP contribution in [0.3, 0.4) is 0 Å². The summed E-state index contributed by atoms with van der Waals surface area (Å²) in [5.41, 5.74) is 2.32. The molecule has 0 fully saturated rings. The van der Waals surface area contributed by atoms with Crippen molar-refractivity contribution in [3.05, 3.63) is 58.6 Å². The van der Waals surface area contributed by atoms with Gasteiger partial charge in [0.1, 0.15) is 5.82 Å². The monoisotopic (exact) mass is 264 g/mol. The number of nitrogens with zero attached hydrogens (tertiary/aromatic N) is 1. The van der Waals surface area contributed by atoms with E-state index in [0.717, 1.165) is 5.56 Å². The molecule has 0 bridgehead atoms. The van der Waals surface area contributed by atoms with Gasteiger partial charge >= 0.3 is 0 Å². The summed E-state index contributed by atoms with van der Waals surface area (Å²) < 4.78 is 13.6. The van der Waals surface area contributed by atoms with E-state index in [0.29, 0.717) is 16.4 Å². The molecule has 0 saturated carbocycles. The van der Waals surface area contributed by atoms with Crippen molar-refractivity contribution < 1.29 is 4.39 Å². The molecule has 18 heavy (non-hydrogen) atoms. The molecule has 1 heterocycles. The first-order valence-electron chi connectivity index (χ1n) is 5.71. The minimum Gasteiger partial charge on any atom is -0.376 e. The fraction of sp³-hybridized carbons (Fsp3) is 0.214. The summed E-state index contributed by atoms with van der Waals surface area (Å²) in [6, 6.07) is 8.41. The standard InChI is InChI=1S/C14H14ClFN2/c1-9-7-13(14(15)17-8-9)18-10(2)11-5-3-4-6-12(11)16/h3-8,10,18H,1-2H3. The lowest BCUT2D eigenvalue weighted by atomic mass is 10.1. The van der Waals surface area contributed by atoms with Crippen molar-refractivity contribution in [2.24, 2.45) is 0 Å². The van der Waals surface area contributed by atoms with E-state index in [9.17, 15) is 4.39 Å². The molecule has 0 amide bonds. The lowest BCUT2D eigenvalue weighted by Gasteiger charge is -2.17. The summed E-state index contributed by atoms with van der Waals surface area (Å²) in [5, 5.41) is 3.57. The highest BCUT2D eigenvalue weighted by Crippen LogP contribution is 2.26. The first-order valence-corrected chi connectivity index (χ1v) is 6.09. The molecule has 1 aromatic carbocycles. The van der Waals surface area contributed by atoms with Gasteiger partial charge in [0.05, 0.1) is 11.7 Å². The van der Waals surface area contributed by atoms with Gasteiger partial charge in [0.25, 0.3) is 0 Å². The number of hydrogen-bond donors (Lipinski definition) is 1. The van der Waals surface area contributed by atoms with Gasteiger partial charge in [0.2, 0.25) is 0 Å². The number of aromatic nitrogens is 1. The second-order valence-corrected chi connectivity index (χ2v) is 4.60. The van der Waals surface area contributed by atoms with Crippen LogP contribution in [0.2, 0.25) is 5.15 Å². The molecule has 94 valence electrons. The van der Waals surface area contributed by atoms with Gasteiger partial charge in [-0.1, -0.05) is 29.8 Å². The molecule has 0 saturated heterocycles. The van der Waals surface area contributed by atoms with Crippen molar-refractivity contribution in [1.82, 2.24) is 4.98 Å². The van der Waals surface area contributed by atoms with Crippen molar-refractivity contribution in [2.75, 3.05) is 5.32 Å². The van der Waals surface area contributed by atoms with Crippen LogP contribution in [0.25, 0.3) is 0 Å². The Morgan fingerprint density at radius 3 is 2.78 bits per heavy atom. The maximum absolute atomic E-state index is 13.6. The van der Waals surface area contributed by atoms with E-state index in [-0.39, 0.29) is 11.9 Å². The zero-order valence-electron chi connectivity index (χ0n) is 10.2. The predicted molar refractivity (Wildman–Crippen MR) is 72.4 cm³/mol. The number of nitrogens with one attached hydrogen (secondary N) is 1. The smallest absolute Gasteiger partial charge is 0.152 e. The summed E-state index contributed by atoms with van der Waals surface area (Å²) >= 11 is 6.00. The zero-order chi connectivity index (χ0) is 13.1. The van der Waals surface area contributed by atoms with E-state index >= 15 is 0 Å². The summed E-state index contributed by atoms with van der Waals surface area (Å²) in [5.74, 6) is -0.228. The minimum atomic E-state index is -0.228. The van der Waals surface area contributed by atoms with Gasteiger partial charge in [0.15, 0.2) is 5.15 Å². The maximum Gasteiger partial charge on any atom is 0.152 e. The van der Waals surface area contributed by atoms with Crippen LogP contribution in [-0.2, 0) is 0 Å². The molecule has 0 aliphatic rings. The first-order chi connectivity index (χ1) is 8.58. The van der Waals surface area contributed by atoms with E-state index in [2.05, 4.69) is 10.3 Å². The average molecular weight is 265 g/mol. The number of pyridine rings is 1. The van der Waals surface area contributed by atoms with Crippen LogP contribution in [0.4, 0.5) is 10.1 Å². The van der Waals surface area contributed by atoms with Gasteiger partial charge in [-0.25, -0.2) is 9.37 Å². The molecule has 4 heteroatoms. The molecular formula is C14H14ClFN2. The fourth-order valence-corrected chi connectivity index (χ4v) is 1.95. The van der Waals surface area contributed by atoms with E-state index in [1.165, 1.54) is 6.07 Å². The van der Waals surface area contributed by atoms with Gasteiger partial charge in [-0.2, -0.15) is 0 Å². The molecule has 0 spiro atoms. The number of rotatable bonds is 3. The number of halogens is 2. The Morgan fingerprint density at radius 2 is 2.06 bits per heavy atom. The SMILES string of the molecule is Cc1cnc(Cl)c(NC(C)c2ccccc2F)c1. The van der Waals surface area contributed by atoms with E-state index in [4.69, 9.17) is 11.6 Å². The Morgan fingerprint density at radius 1 is 1.33 bits per heavy atom. The second-order valence-electron chi connectivity index (χ2n) is 4.24. The zero-order valence-corrected chi connectivity index (χ0v) is 11.0. The summed E-state index contributed by atoms with van der Waals surface area (Å²) in [6.45, 7) is 3.82.